The minimum Gasteiger partial charge on any atom is -0.475 e. The molecule has 0 spiro atoms. The molecule has 0 unspecified atom stereocenters. The summed E-state index contributed by atoms with van der Waals surface area (Å²) in [6, 6.07) is 1.18. The number of nitrogens with one attached hydrogen (secondary N) is 1. The fourth-order valence-electron chi connectivity index (χ4n) is 2.91. The van der Waals surface area contributed by atoms with Gasteiger partial charge in [-0.1, -0.05) is 0 Å². The summed E-state index contributed by atoms with van der Waals surface area (Å²) in [4.78, 5) is 38.6. The van der Waals surface area contributed by atoms with E-state index >= 15 is 0 Å². The van der Waals surface area contributed by atoms with Crippen LogP contribution in [0.3, 0.4) is 0 Å². The Bertz CT molecular complexity index is 1190. The second-order valence-electron chi connectivity index (χ2n) is 6.36. The van der Waals surface area contributed by atoms with Crippen molar-refractivity contribution in [2.24, 2.45) is 5.73 Å². The third-order valence-corrected chi connectivity index (χ3v) is 5.36. The van der Waals surface area contributed by atoms with Gasteiger partial charge in [0, 0.05) is 11.8 Å². The van der Waals surface area contributed by atoms with Crippen LogP contribution in [-0.4, -0.2) is 38.6 Å². The number of aromatic nitrogens is 3. The minimum absolute atomic E-state index is 0.0171. The summed E-state index contributed by atoms with van der Waals surface area (Å²) < 4.78 is 32.1. The van der Waals surface area contributed by atoms with Gasteiger partial charge < -0.3 is 15.8 Å². The van der Waals surface area contributed by atoms with Crippen LogP contribution < -0.4 is 15.8 Å². The highest BCUT2D eigenvalue weighted by atomic mass is 32.1. The molecule has 0 aliphatic rings. The predicted molar refractivity (Wildman–Crippen MR) is 107 cm³/mol. The number of amides is 2. The number of ether oxygens (including phenoxy) is 1. The van der Waals surface area contributed by atoms with Gasteiger partial charge in [-0.25, -0.2) is 13.8 Å². The topological polar surface area (TPSA) is 155 Å². The summed E-state index contributed by atoms with van der Waals surface area (Å²) in [6.07, 6.45) is -1.82. The average Bonchev–Trinajstić information content (AvgIpc) is 3.28. The Morgan fingerprint density at radius 1 is 1.45 bits per heavy atom. The van der Waals surface area contributed by atoms with Gasteiger partial charge in [0.05, 0.1) is 24.3 Å². The Kier molecular flexibility index (Phi) is 6.10. The quantitative estimate of drug-likeness (QED) is 0.391. The Morgan fingerprint density at radius 2 is 2.16 bits per heavy atom. The van der Waals surface area contributed by atoms with Gasteiger partial charge >= 0.3 is 11.6 Å². The lowest BCUT2D eigenvalue weighted by atomic mass is 10.1. The molecule has 0 radical (unpaired) electrons. The predicted octanol–water partition coefficient (Wildman–Crippen LogP) is 2.78. The van der Waals surface area contributed by atoms with E-state index < -0.39 is 28.9 Å². The smallest absolute Gasteiger partial charge is 0.350 e. The molecule has 0 aliphatic carbocycles. The number of hydrogen-bond acceptors (Lipinski definition) is 8. The Balaban J connectivity index is 1.85. The van der Waals surface area contributed by atoms with Gasteiger partial charge in [0.25, 0.3) is 12.3 Å². The monoisotopic (exact) mass is 454 g/mol. The largest absolute Gasteiger partial charge is 0.475 e. The van der Waals surface area contributed by atoms with E-state index in [4.69, 9.17) is 10.5 Å². The van der Waals surface area contributed by atoms with Gasteiger partial charge in [-0.2, -0.15) is 0 Å². The number of pyridine rings is 1. The molecule has 3 rings (SSSR count). The summed E-state index contributed by atoms with van der Waals surface area (Å²) >= 11 is 0.803. The van der Waals surface area contributed by atoms with Crippen LogP contribution in [0.25, 0.3) is 10.2 Å². The lowest BCUT2D eigenvalue weighted by Gasteiger charge is -2.08. The van der Waals surface area contributed by atoms with Gasteiger partial charge in [0.1, 0.15) is 21.6 Å². The SMILES string of the molecule is COc1nn(CCC(=O)Nc2c(C(N)=O)sc3nc(C(F)F)cc(C)c23)cc1[N+](=O)[O-]. The number of halogens is 2. The number of thiophene rings is 1. The van der Waals surface area contributed by atoms with E-state index in [2.05, 4.69) is 15.4 Å². The minimum atomic E-state index is -2.80. The molecule has 164 valence electrons. The highest BCUT2D eigenvalue weighted by molar-refractivity contribution is 7.21. The molecule has 0 bridgehead atoms. The lowest BCUT2D eigenvalue weighted by Crippen LogP contribution is -2.18. The molecular formula is C17H16F2N6O5S. The third kappa shape index (κ3) is 4.42. The zero-order valence-electron chi connectivity index (χ0n) is 16.2. The second kappa shape index (κ2) is 8.59. The Labute approximate surface area is 177 Å². The molecule has 3 heterocycles. The van der Waals surface area contributed by atoms with Crippen molar-refractivity contribution in [3.63, 3.8) is 0 Å². The zero-order chi connectivity index (χ0) is 22.9. The van der Waals surface area contributed by atoms with Crippen molar-refractivity contribution >= 4 is 44.7 Å². The number of fused-ring (bicyclic) bond motifs is 1. The number of carbonyl (C=O) groups excluding carboxylic acids is 2. The summed E-state index contributed by atoms with van der Waals surface area (Å²) in [5, 5.41) is 17.7. The van der Waals surface area contributed by atoms with Crippen LogP contribution in [0.15, 0.2) is 12.3 Å². The second-order valence-corrected chi connectivity index (χ2v) is 7.36. The summed E-state index contributed by atoms with van der Waals surface area (Å²) in [5.74, 6) is -1.58. The standard InChI is InChI=1S/C17H16F2N6O5S/c1-7-5-8(14(18)19)21-17-11(7)12(13(31-17)15(20)27)22-10(26)3-4-24-6-9(25(28)29)16(23-24)30-2/h5-6,14H,3-4H2,1-2H3,(H2,20,27)(H,22,26). The Hall–Kier alpha value is -3.68. The molecule has 0 aromatic carbocycles. The van der Waals surface area contributed by atoms with Crippen molar-refractivity contribution in [3.05, 3.63) is 38.5 Å². The van der Waals surface area contributed by atoms with Crippen LogP contribution in [-0.2, 0) is 11.3 Å². The van der Waals surface area contributed by atoms with Crippen molar-refractivity contribution < 1.29 is 28.0 Å². The van der Waals surface area contributed by atoms with Crippen molar-refractivity contribution in [3.8, 4) is 5.88 Å². The number of carbonyl (C=O) groups is 2. The molecule has 0 atom stereocenters. The highest BCUT2D eigenvalue weighted by Gasteiger charge is 2.24. The molecule has 3 aromatic rings. The molecule has 0 aliphatic heterocycles. The van der Waals surface area contributed by atoms with Gasteiger partial charge in [0.15, 0.2) is 0 Å². The molecule has 0 saturated carbocycles. The lowest BCUT2D eigenvalue weighted by molar-refractivity contribution is -0.385. The number of nitrogens with two attached hydrogens (primary N) is 1. The van der Waals surface area contributed by atoms with Crippen LogP contribution in [0, 0.1) is 17.0 Å². The number of rotatable bonds is 8. The number of anilines is 1. The number of nitrogens with zero attached hydrogens (tertiary/aromatic N) is 4. The van der Waals surface area contributed by atoms with E-state index in [1.807, 2.05) is 0 Å². The molecule has 0 fully saturated rings. The van der Waals surface area contributed by atoms with Crippen molar-refractivity contribution in [2.75, 3.05) is 12.4 Å². The number of nitro groups is 1. The molecule has 2 amide bonds. The average molecular weight is 454 g/mol. The van der Waals surface area contributed by atoms with Gasteiger partial charge in [-0.05, 0) is 18.6 Å². The zero-order valence-corrected chi connectivity index (χ0v) is 17.0. The number of hydrogen-bond donors (Lipinski definition) is 2. The number of aryl methyl sites for hydroxylation is 2. The van der Waals surface area contributed by atoms with Gasteiger partial charge in [-0.15, -0.1) is 16.4 Å². The van der Waals surface area contributed by atoms with Crippen LogP contribution >= 0.6 is 11.3 Å². The molecule has 3 N–H and O–H groups in total. The maximum absolute atomic E-state index is 13.0. The maximum Gasteiger partial charge on any atom is 0.350 e. The fourth-order valence-corrected chi connectivity index (χ4v) is 3.97. The maximum atomic E-state index is 13.0. The van der Waals surface area contributed by atoms with Crippen LogP contribution in [0.4, 0.5) is 20.2 Å². The molecular weight excluding hydrogens is 438 g/mol. The van der Waals surface area contributed by atoms with Crippen molar-refractivity contribution in [1.82, 2.24) is 14.8 Å². The number of primary amides is 1. The summed E-state index contributed by atoms with van der Waals surface area (Å²) in [7, 11) is 1.23. The van der Waals surface area contributed by atoms with Crippen LogP contribution in [0.5, 0.6) is 5.88 Å². The first kappa shape index (κ1) is 22.0. The van der Waals surface area contributed by atoms with E-state index in [0.717, 1.165) is 17.5 Å². The van der Waals surface area contributed by atoms with Gasteiger partial charge in [0.2, 0.25) is 5.91 Å². The van der Waals surface area contributed by atoms with Crippen LogP contribution in [0.1, 0.15) is 33.8 Å². The third-order valence-electron chi connectivity index (χ3n) is 4.26. The van der Waals surface area contributed by atoms with Crippen molar-refractivity contribution in [2.45, 2.75) is 26.3 Å². The first-order valence-corrected chi connectivity index (χ1v) is 9.51. The van der Waals surface area contributed by atoms with E-state index in [-0.39, 0.29) is 39.9 Å². The summed E-state index contributed by atoms with van der Waals surface area (Å²) in [6.45, 7) is 1.54. The molecule has 11 nitrogen and oxygen atoms in total. The van der Waals surface area contributed by atoms with Crippen molar-refractivity contribution in [1.29, 1.82) is 0 Å². The fraction of sp³-hybridized carbons (Fsp3) is 0.294. The molecule has 31 heavy (non-hydrogen) atoms. The first-order valence-electron chi connectivity index (χ1n) is 8.70. The highest BCUT2D eigenvalue weighted by Crippen LogP contribution is 2.38. The molecule has 0 saturated heterocycles. The van der Waals surface area contributed by atoms with E-state index in [0.29, 0.717) is 10.9 Å². The number of methoxy groups -OCH3 is 1. The van der Waals surface area contributed by atoms with E-state index in [1.165, 1.54) is 17.9 Å². The normalized spacial score (nSPS) is 11.1. The number of alkyl halides is 2. The Morgan fingerprint density at radius 3 is 2.71 bits per heavy atom. The van der Waals surface area contributed by atoms with Crippen LogP contribution in [0.2, 0.25) is 0 Å². The van der Waals surface area contributed by atoms with E-state index in [1.54, 1.807) is 6.92 Å². The summed E-state index contributed by atoms with van der Waals surface area (Å²) in [5.41, 5.74) is 5.07. The molecule has 3 aromatic heterocycles. The van der Waals surface area contributed by atoms with Gasteiger partial charge in [-0.3, -0.25) is 24.4 Å². The van der Waals surface area contributed by atoms with E-state index in [9.17, 15) is 28.5 Å². The first-order chi connectivity index (χ1) is 14.6. The molecule has 14 heteroatoms.